The molecule has 1 fully saturated rings. The molecule has 0 aromatic heterocycles. The predicted octanol–water partition coefficient (Wildman–Crippen LogP) is 0.890. The minimum Gasteiger partial charge on any atom is -0.495 e. The van der Waals surface area contributed by atoms with Gasteiger partial charge in [0.1, 0.15) is 11.6 Å². The molecular formula is C13H18N4O3. The first-order valence-corrected chi connectivity index (χ1v) is 6.28. The number of carbonyl (C=O) groups excluding carboxylic acids is 1. The monoisotopic (exact) mass is 278 g/mol. The molecule has 5 N–H and O–H groups in total. The Kier molecular flexibility index (Phi) is 4.41. The fourth-order valence-corrected chi connectivity index (χ4v) is 1.95. The number of benzene rings is 1. The Hall–Kier alpha value is -2.28. The number of ether oxygens (including phenoxy) is 2. The van der Waals surface area contributed by atoms with E-state index in [0.29, 0.717) is 30.2 Å². The van der Waals surface area contributed by atoms with E-state index >= 15 is 0 Å². The molecule has 0 bridgehead atoms. The Morgan fingerprint density at radius 2 is 2.35 bits per heavy atom. The van der Waals surface area contributed by atoms with Crippen LogP contribution in [-0.4, -0.2) is 38.2 Å². The van der Waals surface area contributed by atoms with Gasteiger partial charge in [-0.3, -0.25) is 5.41 Å². The van der Waals surface area contributed by atoms with Gasteiger partial charge in [0.2, 0.25) is 0 Å². The average molecular weight is 278 g/mol. The van der Waals surface area contributed by atoms with Crippen molar-refractivity contribution in [3.05, 3.63) is 23.8 Å². The lowest BCUT2D eigenvalue weighted by Crippen LogP contribution is -2.38. The van der Waals surface area contributed by atoms with E-state index in [0.717, 1.165) is 6.42 Å². The molecule has 2 rings (SSSR count). The van der Waals surface area contributed by atoms with E-state index in [-0.39, 0.29) is 17.9 Å². The van der Waals surface area contributed by atoms with Gasteiger partial charge in [0, 0.05) is 12.2 Å². The number of carbonyl (C=O) groups is 1. The van der Waals surface area contributed by atoms with Crippen molar-refractivity contribution < 1.29 is 14.3 Å². The number of anilines is 1. The highest BCUT2D eigenvalue weighted by atomic mass is 16.5. The SMILES string of the molecule is COc1cc(C(=N)N)ccc1NC(=O)NC1CCOC1. The van der Waals surface area contributed by atoms with E-state index in [1.54, 1.807) is 18.2 Å². The zero-order chi connectivity index (χ0) is 14.5. The fourth-order valence-electron chi connectivity index (χ4n) is 1.95. The highest BCUT2D eigenvalue weighted by molar-refractivity contribution is 5.97. The molecule has 0 spiro atoms. The summed E-state index contributed by atoms with van der Waals surface area (Å²) in [5.74, 6) is 0.401. The topological polar surface area (TPSA) is 109 Å². The lowest BCUT2D eigenvalue weighted by atomic mass is 10.1. The average Bonchev–Trinajstić information content (AvgIpc) is 2.91. The summed E-state index contributed by atoms with van der Waals surface area (Å²) in [6.07, 6.45) is 0.813. The van der Waals surface area contributed by atoms with Crippen LogP contribution in [0.2, 0.25) is 0 Å². The van der Waals surface area contributed by atoms with Crippen LogP contribution in [0.3, 0.4) is 0 Å². The number of hydrogen-bond donors (Lipinski definition) is 4. The number of hydrogen-bond acceptors (Lipinski definition) is 4. The lowest BCUT2D eigenvalue weighted by molar-refractivity contribution is 0.189. The Morgan fingerprint density at radius 3 is 2.95 bits per heavy atom. The molecule has 0 saturated carbocycles. The van der Waals surface area contributed by atoms with Crippen LogP contribution in [0.25, 0.3) is 0 Å². The van der Waals surface area contributed by atoms with Crippen LogP contribution in [0.15, 0.2) is 18.2 Å². The molecule has 7 heteroatoms. The molecule has 1 unspecified atom stereocenters. The molecule has 1 aromatic rings. The van der Waals surface area contributed by atoms with Crippen molar-refractivity contribution in [2.45, 2.75) is 12.5 Å². The number of nitrogens with two attached hydrogens (primary N) is 1. The van der Waals surface area contributed by atoms with Gasteiger partial charge >= 0.3 is 6.03 Å². The molecule has 7 nitrogen and oxygen atoms in total. The Balaban J connectivity index is 2.04. The first-order valence-electron chi connectivity index (χ1n) is 6.28. The van der Waals surface area contributed by atoms with Crippen molar-refractivity contribution in [3.63, 3.8) is 0 Å². The minimum atomic E-state index is -0.311. The standard InChI is InChI=1S/C13H18N4O3/c1-19-11-6-8(12(14)15)2-3-10(11)17-13(18)16-9-4-5-20-7-9/h2-3,6,9H,4-5,7H2,1H3,(H3,14,15)(H2,16,17,18). The molecule has 1 saturated heterocycles. The van der Waals surface area contributed by atoms with E-state index in [1.807, 2.05) is 0 Å². The highest BCUT2D eigenvalue weighted by Gasteiger charge is 2.18. The molecule has 0 aliphatic carbocycles. The fraction of sp³-hybridized carbons (Fsp3) is 0.385. The molecule has 1 aliphatic rings. The zero-order valence-electron chi connectivity index (χ0n) is 11.2. The third-order valence-electron chi connectivity index (χ3n) is 3.03. The largest absolute Gasteiger partial charge is 0.495 e. The summed E-state index contributed by atoms with van der Waals surface area (Å²) in [4.78, 5) is 11.9. The molecule has 20 heavy (non-hydrogen) atoms. The molecule has 1 atom stereocenters. The van der Waals surface area contributed by atoms with Gasteiger partial charge in [0.15, 0.2) is 0 Å². The maximum atomic E-state index is 11.9. The second-order valence-electron chi connectivity index (χ2n) is 4.49. The molecule has 0 radical (unpaired) electrons. The van der Waals surface area contributed by atoms with Crippen LogP contribution in [0.1, 0.15) is 12.0 Å². The summed E-state index contributed by atoms with van der Waals surface area (Å²) >= 11 is 0. The van der Waals surface area contributed by atoms with Gasteiger partial charge in [-0.1, -0.05) is 0 Å². The molecule has 2 amide bonds. The van der Waals surface area contributed by atoms with Gasteiger partial charge < -0.3 is 25.8 Å². The number of urea groups is 1. The molecular weight excluding hydrogens is 260 g/mol. The number of nitrogens with one attached hydrogen (secondary N) is 3. The molecule has 1 aliphatic heterocycles. The van der Waals surface area contributed by atoms with Crippen LogP contribution in [-0.2, 0) is 4.74 Å². The predicted molar refractivity (Wildman–Crippen MR) is 75.4 cm³/mol. The van der Waals surface area contributed by atoms with Crippen molar-refractivity contribution in [2.75, 3.05) is 25.6 Å². The normalized spacial score (nSPS) is 17.6. The van der Waals surface area contributed by atoms with E-state index in [2.05, 4.69) is 10.6 Å². The van der Waals surface area contributed by atoms with Gasteiger partial charge in [-0.05, 0) is 24.6 Å². The second kappa shape index (κ2) is 6.25. The van der Waals surface area contributed by atoms with Crippen LogP contribution in [0.5, 0.6) is 5.75 Å². The van der Waals surface area contributed by atoms with Crippen molar-refractivity contribution in [3.8, 4) is 5.75 Å². The highest BCUT2D eigenvalue weighted by Crippen LogP contribution is 2.25. The van der Waals surface area contributed by atoms with Gasteiger partial charge in [0.25, 0.3) is 0 Å². The Labute approximate surface area is 116 Å². The number of amides is 2. The van der Waals surface area contributed by atoms with Gasteiger partial charge in [0.05, 0.1) is 25.4 Å². The summed E-state index contributed by atoms with van der Waals surface area (Å²) < 4.78 is 10.4. The lowest BCUT2D eigenvalue weighted by Gasteiger charge is -2.14. The molecule has 1 heterocycles. The Morgan fingerprint density at radius 1 is 1.55 bits per heavy atom. The maximum Gasteiger partial charge on any atom is 0.319 e. The Bertz CT molecular complexity index is 512. The molecule has 1 aromatic carbocycles. The zero-order valence-corrected chi connectivity index (χ0v) is 11.2. The van der Waals surface area contributed by atoms with E-state index in [9.17, 15) is 4.79 Å². The number of amidine groups is 1. The second-order valence-corrected chi connectivity index (χ2v) is 4.49. The summed E-state index contributed by atoms with van der Waals surface area (Å²) in [6.45, 7) is 1.20. The van der Waals surface area contributed by atoms with Crippen molar-refractivity contribution >= 4 is 17.6 Å². The van der Waals surface area contributed by atoms with E-state index in [4.69, 9.17) is 20.6 Å². The van der Waals surface area contributed by atoms with Crippen LogP contribution >= 0.6 is 0 Å². The van der Waals surface area contributed by atoms with E-state index in [1.165, 1.54) is 7.11 Å². The van der Waals surface area contributed by atoms with Crippen LogP contribution in [0.4, 0.5) is 10.5 Å². The number of nitrogen functional groups attached to an aromatic ring is 1. The van der Waals surface area contributed by atoms with Crippen molar-refractivity contribution in [1.82, 2.24) is 5.32 Å². The van der Waals surface area contributed by atoms with Gasteiger partial charge in [-0.25, -0.2) is 4.79 Å². The smallest absolute Gasteiger partial charge is 0.319 e. The minimum absolute atomic E-state index is 0.0393. The summed E-state index contributed by atoms with van der Waals surface area (Å²) in [7, 11) is 1.49. The maximum absolute atomic E-state index is 11.9. The first kappa shape index (κ1) is 14.1. The molecule has 108 valence electrons. The summed E-state index contributed by atoms with van der Waals surface area (Å²) in [5, 5.41) is 12.9. The first-order chi connectivity index (χ1) is 9.60. The van der Waals surface area contributed by atoms with E-state index < -0.39 is 0 Å². The van der Waals surface area contributed by atoms with Crippen molar-refractivity contribution in [1.29, 1.82) is 5.41 Å². The van der Waals surface area contributed by atoms with Gasteiger partial charge in [-0.15, -0.1) is 0 Å². The van der Waals surface area contributed by atoms with Crippen LogP contribution < -0.4 is 21.1 Å². The van der Waals surface area contributed by atoms with Crippen LogP contribution in [0, 0.1) is 5.41 Å². The third-order valence-corrected chi connectivity index (χ3v) is 3.03. The number of rotatable bonds is 4. The third kappa shape index (κ3) is 3.39. The number of methoxy groups -OCH3 is 1. The summed E-state index contributed by atoms with van der Waals surface area (Å²) in [5.41, 5.74) is 6.47. The quantitative estimate of drug-likeness (QED) is 0.484. The summed E-state index contributed by atoms with van der Waals surface area (Å²) in [6, 6.07) is 4.64. The van der Waals surface area contributed by atoms with Gasteiger partial charge in [-0.2, -0.15) is 0 Å². The van der Waals surface area contributed by atoms with Crippen molar-refractivity contribution in [2.24, 2.45) is 5.73 Å².